The van der Waals surface area contributed by atoms with Crippen LogP contribution in [0.3, 0.4) is 0 Å². The van der Waals surface area contributed by atoms with Crippen LogP contribution >= 0.6 is 0 Å². The Bertz CT molecular complexity index is 338. The summed E-state index contributed by atoms with van der Waals surface area (Å²) in [6.45, 7) is 0. The van der Waals surface area contributed by atoms with Gasteiger partial charge in [0.2, 0.25) is 0 Å². The summed E-state index contributed by atoms with van der Waals surface area (Å²) in [4.78, 5) is 0. The topological polar surface area (TPSA) is 43.8 Å². The van der Waals surface area contributed by atoms with E-state index < -0.39 is 0 Å². The molecule has 0 spiro atoms. The minimum Gasteiger partial charge on any atom is -0.324 e. The second-order valence-corrected chi connectivity index (χ2v) is 4.05. The maximum absolute atomic E-state index is 5.81. The lowest BCUT2D eigenvalue weighted by Gasteiger charge is -1.98. The van der Waals surface area contributed by atoms with Crippen molar-refractivity contribution in [2.24, 2.45) is 12.8 Å². The molecule has 1 aliphatic rings. The summed E-state index contributed by atoms with van der Waals surface area (Å²) in [5.41, 5.74) is 8.63. The van der Waals surface area contributed by atoms with Crippen molar-refractivity contribution in [3.8, 4) is 0 Å². The number of nitrogens with two attached hydrogens (primary N) is 1. The van der Waals surface area contributed by atoms with Crippen molar-refractivity contribution in [1.29, 1.82) is 0 Å². The fourth-order valence-corrected chi connectivity index (χ4v) is 1.94. The number of nitrogens with zero attached hydrogens (tertiary/aromatic N) is 2. The molecule has 0 amide bonds. The number of hydrogen-bond acceptors (Lipinski definition) is 2. The van der Waals surface area contributed by atoms with Gasteiger partial charge >= 0.3 is 0 Å². The largest absolute Gasteiger partial charge is 0.324 e. The lowest BCUT2D eigenvalue weighted by Crippen LogP contribution is -2.11. The highest BCUT2D eigenvalue weighted by Crippen LogP contribution is 2.21. The third-order valence-corrected chi connectivity index (χ3v) is 2.74. The van der Waals surface area contributed by atoms with Gasteiger partial charge in [0.05, 0.1) is 6.20 Å². The van der Waals surface area contributed by atoms with Crippen molar-refractivity contribution in [1.82, 2.24) is 9.78 Å². The van der Waals surface area contributed by atoms with Crippen LogP contribution in [0.4, 0.5) is 0 Å². The Kier molecular flexibility index (Phi) is 2.68. The molecule has 1 aliphatic carbocycles. The molecule has 0 aromatic carbocycles. The molecule has 76 valence electrons. The zero-order valence-electron chi connectivity index (χ0n) is 8.61. The number of rotatable bonds is 3. The Morgan fingerprint density at radius 2 is 2.43 bits per heavy atom. The Balaban J connectivity index is 1.86. The van der Waals surface area contributed by atoms with E-state index in [4.69, 9.17) is 5.73 Å². The van der Waals surface area contributed by atoms with Crippen LogP contribution in [0, 0.1) is 0 Å². The second kappa shape index (κ2) is 3.96. The van der Waals surface area contributed by atoms with Crippen molar-refractivity contribution in [3.05, 3.63) is 29.6 Å². The first-order valence-corrected chi connectivity index (χ1v) is 5.17. The first-order valence-electron chi connectivity index (χ1n) is 5.17. The second-order valence-electron chi connectivity index (χ2n) is 4.05. The highest BCUT2D eigenvalue weighted by Gasteiger charge is 2.11. The van der Waals surface area contributed by atoms with E-state index >= 15 is 0 Å². The van der Waals surface area contributed by atoms with Crippen LogP contribution in [0.25, 0.3) is 0 Å². The molecule has 3 heteroatoms. The zero-order chi connectivity index (χ0) is 9.97. The third kappa shape index (κ3) is 2.23. The molecular formula is C11H17N3. The monoisotopic (exact) mass is 191 g/mol. The van der Waals surface area contributed by atoms with E-state index in [1.165, 1.54) is 17.6 Å². The summed E-state index contributed by atoms with van der Waals surface area (Å²) >= 11 is 0. The SMILES string of the molecule is Cn1cc(CCC2=CC(N)CC2)cn1. The van der Waals surface area contributed by atoms with Crippen LogP contribution in [0.5, 0.6) is 0 Å². The van der Waals surface area contributed by atoms with Crippen molar-refractivity contribution >= 4 is 0 Å². The molecule has 0 bridgehead atoms. The predicted molar refractivity (Wildman–Crippen MR) is 56.8 cm³/mol. The van der Waals surface area contributed by atoms with E-state index in [2.05, 4.69) is 17.4 Å². The van der Waals surface area contributed by atoms with Gasteiger partial charge in [-0.1, -0.05) is 11.6 Å². The average Bonchev–Trinajstić information content (AvgIpc) is 2.72. The van der Waals surface area contributed by atoms with Gasteiger partial charge in [-0.2, -0.15) is 5.10 Å². The minimum absolute atomic E-state index is 0.305. The van der Waals surface area contributed by atoms with Gasteiger partial charge in [-0.05, 0) is 31.2 Å². The van der Waals surface area contributed by atoms with Gasteiger partial charge in [0.25, 0.3) is 0 Å². The molecule has 2 N–H and O–H groups in total. The number of aromatic nitrogens is 2. The molecule has 1 heterocycles. The maximum Gasteiger partial charge on any atom is 0.0521 e. The van der Waals surface area contributed by atoms with E-state index in [-0.39, 0.29) is 0 Å². The van der Waals surface area contributed by atoms with E-state index in [1.807, 2.05) is 17.9 Å². The fraction of sp³-hybridized carbons (Fsp3) is 0.545. The Morgan fingerprint density at radius 3 is 3.00 bits per heavy atom. The smallest absolute Gasteiger partial charge is 0.0521 e. The van der Waals surface area contributed by atoms with Crippen LogP contribution in [-0.2, 0) is 13.5 Å². The summed E-state index contributed by atoms with van der Waals surface area (Å²) in [6.07, 6.45) is 10.8. The summed E-state index contributed by atoms with van der Waals surface area (Å²) in [6, 6.07) is 0.305. The van der Waals surface area contributed by atoms with Gasteiger partial charge in [0.1, 0.15) is 0 Å². The molecule has 0 saturated carbocycles. The average molecular weight is 191 g/mol. The first kappa shape index (κ1) is 9.46. The van der Waals surface area contributed by atoms with Crippen LogP contribution in [0.2, 0.25) is 0 Å². The molecule has 0 saturated heterocycles. The Labute approximate surface area is 84.6 Å². The van der Waals surface area contributed by atoms with E-state index in [1.54, 1.807) is 0 Å². The van der Waals surface area contributed by atoms with Gasteiger partial charge in [-0.15, -0.1) is 0 Å². The highest BCUT2D eigenvalue weighted by atomic mass is 15.2. The van der Waals surface area contributed by atoms with Crippen molar-refractivity contribution in [2.45, 2.75) is 31.7 Å². The third-order valence-electron chi connectivity index (χ3n) is 2.74. The van der Waals surface area contributed by atoms with Crippen LogP contribution in [-0.4, -0.2) is 15.8 Å². The predicted octanol–water partition coefficient (Wildman–Crippen LogP) is 1.40. The first-order chi connectivity index (χ1) is 6.74. The summed E-state index contributed by atoms with van der Waals surface area (Å²) in [5.74, 6) is 0. The lowest BCUT2D eigenvalue weighted by atomic mass is 10.1. The van der Waals surface area contributed by atoms with Gasteiger partial charge in [-0.3, -0.25) is 4.68 Å². The van der Waals surface area contributed by atoms with Crippen LogP contribution in [0.1, 0.15) is 24.8 Å². The van der Waals surface area contributed by atoms with Crippen LogP contribution in [0.15, 0.2) is 24.0 Å². The summed E-state index contributed by atoms with van der Waals surface area (Å²) < 4.78 is 1.85. The van der Waals surface area contributed by atoms with Crippen molar-refractivity contribution in [3.63, 3.8) is 0 Å². The normalized spacial score (nSPS) is 21.3. The van der Waals surface area contributed by atoms with E-state index in [9.17, 15) is 0 Å². The quantitative estimate of drug-likeness (QED) is 0.734. The van der Waals surface area contributed by atoms with Gasteiger partial charge < -0.3 is 5.73 Å². The Hall–Kier alpha value is -1.09. The molecule has 2 rings (SSSR count). The van der Waals surface area contributed by atoms with Gasteiger partial charge in [0, 0.05) is 19.3 Å². The summed E-state index contributed by atoms with van der Waals surface area (Å²) in [7, 11) is 1.95. The number of allylic oxidation sites excluding steroid dienone is 1. The number of hydrogen-bond donors (Lipinski definition) is 1. The van der Waals surface area contributed by atoms with Crippen molar-refractivity contribution in [2.75, 3.05) is 0 Å². The molecule has 3 nitrogen and oxygen atoms in total. The van der Waals surface area contributed by atoms with Crippen molar-refractivity contribution < 1.29 is 0 Å². The lowest BCUT2D eigenvalue weighted by molar-refractivity contribution is 0.760. The molecule has 1 unspecified atom stereocenters. The molecule has 0 aliphatic heterocycles. The van der Waals surface area contributed by atoms with E-state index in [0.717, 1.165) is 19.3 Å². The minimum atomic E-state index is 0.305. The fourth-order valence-electron chi connectivity index (χ4n) is 1.94. The molecule has 1 atom stereocenters. The summed E-state index contributed by atoms with van der Waals surface area (Å²) in [5, 5.41) is 4.15. The molecular weight excluding hydrogens is 174 g/mol. The molecule has 0 radical (unpaired) electrons. The highest BCUT2D eigenvalue weighted by molar-refractivity contribution is 5.16. The molecule has 14 heavy (non-hydrogen) atoms. The Morgan fingerprint density at radius 1 is 1.57 bits per heavy atom. The van der Waals surface area contributed by atoms with Crippen LogP contribution < -0.4 is 5.73 Å². The van der Waals surface area contributed by atoms with Gasteiger partial charge in [-0.25, -0.2) is 0 Å². The van der Waals surface area contributed by atoms with E-state index in [0.29, 0.717) is 6.04 Å². The van der Waals surface area contributed by atoms with Gasteiger partial charge in [0.15, 0.2) is 0 Å². The maximum atomic E-state index is 5.81. The molecule has 0 fully saturated rings. The molecule has 1 aromatic rings. The zero-order valence-corrected chi connectivity index (χ0v) is 8.61. The molecule has 1 aromatic heterocycles. The number of aryl methyl sites for hydroxylation is 2. The standard InChI is InChI=1S/C11H17N3/c1-14-8-10(7-13-14)3-2-9-4-5-11(12)6-9/h6-8,11H,2-5,12H2,1H3.